The van der Waals surface area contributed by atoms with Crippen LogP contribution in [0.1, 0.15) is 17.3 Å². The number of furan rings is 1. The van der Waals surface area contributed by atoms with E-state index >= 15 is 0 Å². The Morgan fingerprint density at radius 1 is 1.06 bits per heavy atom. The lowest BCUT2D eigenvalue weighted by atomic mass is 10.2. The zero-order valence-corrected chi connectivity index (χ0v) is 10.2. The normalized spacial score (nSPS) is 11.2. The van der Waals surface area contributed by atoms with Crippen LogP contribution in [0.2, 0.25) is 0 Å². The van der Waals surface area contributed by atoms with Crippen LogP contribution >= 0.6 is 0 Å². The predicted octanol–water partition coefficient (Wildman–Crippen LogP) is -1.52. The smallest absolute Gasteiger partial charge is 0.368 e. The summed E-state index contributed by atoms with van der Waals surface area (Å²) in [5.41, 5.74) is 0.859. The highest BCUT2D eigenvalue weighted by Gasteiger charge is 2.15. The first kappa shape index (κ1) is 13.9. The van der Waals surface area contributed by atoms with E-state index in [-0.39, 0.29) is 0 Å². The van der Waals surface area contributed by atoms with Crippen LogP contribution in [0.4, 0.5) is 0 Å². The van der Waals surface area contributed by atoms with Crippen LogP contribution in [-0.2, 0) is 0 Å². The molecule has 0 amide bonds. The van der Waals surface area contributed by atoms with Crippen LogP contribution in [0.15, 0.2) is 21.0 Å². The van der Waals surface area contributed by atoms with Gasteiger partial charge in [0.05, 0.1) is 13.8 Å². The first-order valence-electron chi connectivity index (χ1n) is 4.59. The second kappa shape index (κ2) is 4.99. The van der Waals surface area contributed by atoms with E-state index in [9.17, 15) is 0 Å². The van der Waals surface area contributed by atoms with Gasteiger partial charge < -0.3 is 4.42 Å². The lowest BCUT2D eigenvalue weighted by Gasteiger charge is -2.17. The molecule has 17 heavy (non-hydrogen) atoms. The second-order valence-corrected chi connectivity index (χ2v) is 4.19. The lowest BCUT2D eigenvalue weighted by molar-refractivity contribution is -2.00. The van der Waals surface area contributed by atoms with Gasteiger partial charge in [0.25, 0.3) is 0 Å². The minimum Gasteiger partial charge on any atom is -0.452 e. The Balaban J connectivity index is 0.000000249. The summed E-state index contributed by atoms with van der Waals surface area (Å²) in [7, 11) is -4.94. The SMILES string of the molecule is Cc1cc2cc(C)[o+]c(C)c2o1.[O-][Cl+3]([O-])([O-])[O-]. The van der Waals surface area contributed by atoms with Crippen LogP contribution in [0.25, 0.3) is 11.0 Å². The van der Waals surface area contributed by atoms with Crippen LogP contribution in [-0.4, -0.2) is 0 Å². The quantitative estimate of drug-likeness (QED) is 0.532. The summed E-state index contributed by atoms with van der Waals surface area (Å²) in [5.74, 6) is 2.69. The number of aryl methyl sites for hydroxylation is 3. The molecule has 0 N–H and O–H groups in total. The molecule has 0 saturated heterocycles. The summed E-state index contributed by atoms with van der Waals surface area (Å²) >= 11 is 0. The molecule has 2 rings (SSSR count). The van der Waals surface area contributed by atoms with Crippen molar-refractivity contribution in [2.24, 2.45) is 0 Å². The zero-order valence-electron chi connectivity index (χ0n) is 9.48. The fourth-order valence-corrected chi connectivity index (χ4v) is 1.45. The van der Waals surface area contributed by atoms with Gasteiger partial charge >= 0.3 is 11.5 Å². The van der Waals surface area contributed by atoms with Gasteiger partial charge in [-0.2, -0.15) is 0 Å². The fraction of sp³-hybridized carbons (Fsp3) is 0.300. The summed E-state index contributed by atoms with van der Waals surface area (Å²) in [6.45, 7) is 5.79. The minimum atomic E-state index is -4.94. The van der Waals surface area contributed by atoms with Crippen molar-refractivity contribution in [1.29, 1.82) is 0 Å². The largest absolute Gasteiger partial charge is 0.452 e. The number of halogens is 1. The zero-order chi connectivity index (χ0) is 13.2. The Kier molecular flexibility index (Phi) is 4.07. The maximum Gasteiger partial charge on any atom is 0.368 e. The molecule has 0 aliphatic carbocycles. The molecular weight excluding hydrogens is 252 g/mol. The summed E-state index contributed by atoms with van der Waals surface area (Å²) in [5, 5.41) is 1.12. The molecule has 0 aliphatic rings. The first-order valence-corrected chi connectivity index (χ1v) is 5.82. The highest BCUT2D eigenvalue weighted by atomic mass is 35.7. The predicted molar refractivity (Wildman–Crippen MR) is 47.1 cm³/mol. The van der Waals surface area contributed by atoms with Crippen molar-refractivity contribution in [3.05, 3.63) is 29.4 Å². The Bertz CT molecular complexity index is 507. The van der Waals surface area contributed by atoms with Gasteiger partial charge in [0, 0.05) is 11.5 Å². The first-order chi connectivity index (χ1) is 7.66. The lowest BCUT2D eigenvalue weighted by Crippen LogP contribution is -2.68. The molecule has 0 atom stereocenters. The molecule has 2 aromatic heterocycles. The maximum absolute atomic E-state index is 8.49. The van der Waals surface area contributed by atoms with Gasteiger partial charge in [-0.3, -0.25) is 0 Å². The molecule has 94 valence electrons. The molecule has 0 aromatic carbocycles. The summed E-state index contributed by atoms with van der Waals surface area (Å²) in [6, 6.07) is 4.00. The maximum atomic E-state index is 8.49. The summed E-state index contributed by atoms with van der Waals surface area (Å²) in [4.78, 5) is 0. The van der Waals surface area contributed by atoms with E-state index in [2.05, 4.69) is 0 Å². The molecule has 7 heteroatoms. The van der Waals surface area contributed by atoms with E-state index in [1.165, 1.54) is 0 Å². The summed E-state index contributed by atoms with van der Waals surface area (Å²) in [6.07, 6.45) is 0. The van der Waals surface area contributed by atoms with E-state index in [1.54, 1.807) is 0 Å². The van der Waals surface area contributed by atoms with Crippen LogP contribution in [0.3, 0.4) is 0 Å². The van der Waals surface area contributed by atoms with Crippen molar-refractivity contribution in [1.82, 2.24) is 0 Å². The standard InChI is InChI=1S/C10H11O2.ClHO4/c1-6-4-9-5-7(2)12-10(9)8(3)11-6;2-1(3,4)5/h4-5H,1-3H3;(H,2,3,4,5)/q+1;/p-1. The molecule has 2 heterocycles. The Hall–Kier alpha value is -1.18. The van der Waals surface area contributed by atoms with Gasteiger partial charge in [-0.05, 0) is 13.0 Å². The Morgan fingerprint density at radius 3 is 2.12 bits per heavy atom. The van der Waals surface area contributed by atoms with E-state index in [0.717, 1.165) is 28.2 Å². The van der Waals surface area contributed by atoms with E-state index in [0.29, 0.717) is 0 Å². The summed E-state index contributed by atoms with van der Waals surface area (Å²) < 4.78 is 44.8. The van der Waals surface area contributed by atoms with E-state index in [4.69, 9.17) is 27.5 Å². The second-order valence-electron chi connectivity index (χ2n) is 3.43. The number of fused-ring (bicyclic) bond motifs is 1. The van der Waals surface area contributed by atoms with Gasteiger partial charge in [0.2, 0.25) is 5.58 Å². The number of hydrogen-bond donors (Lipinski definition) is 0. The Labute approximate surface area is 99.5 Å². The van der Waals surface area contributed by atoms with Crippen molar-refractivity contribution in [3.8, 4) is 0 Å². The average molecular weight is 263 g/mol. The molecule has 0 fully saturated rings. The van der Waals surface area contributed by atoms with Crippen molar-refractivity contribution in [3.63, 3.8) is 0 Å². The minimum absolute atomic E-state index is 0.845. The molecule has 6 nitrogen and oxygen atoms in total. The monoisotopic (exact) mass is 262 g/mol. The molecule has 0 radical (unpaired) electrons. The van der Waals surface area contributed by atoms with E-state index in [1.807, 2.05) is 32.9 Å². The van der Waals surface area contributed by atoms with Gasteiger partial charge in [-0.1, -0.05) is 0 Å². The number of hydrogen-bond acceptors (Lipinski definition) is 5. The van der Waals surface area contributed by atoms with Crippen LogP contribution < -0.4 is 18.6 Å². The molecule has 0 spiro atoms. The third-order valence-corrected chi connectivity index (χ3v) is 1.88. The topological polar surface area (TPSA) is 117 Å². The highest BCUT2D eigenvalue weighted by molar-refractivity contribution is 5.79. The molecule has 2 aromatic rings. The fourth-order valence-electron chi connectivity index (χ4n) is 1.45. The van der Waals surface area contributed by atoms with Crippen LogP contribution in [0.5, 0.6) is 0 Å². The van der Waals surface area contributed by atoms with Crippen molar-refractivity contribution in [2.45, 2.75) is 20.8 Å². The van der Waals surface area contributed by atoms with Gasteiger partial charge in [-0.25, -0.2) is 23.1 Å². The van der Waals surface area contributed by atoms with Crippen molar-refractivity contribution < 1.29 is 37.7 Å². The van der Waals surface area contributed by atoms with Crippen molar-refractivity contribution in [2.75, 3.05) is 0 Å². The van der Waals surface area contributed by atoms with Gasteiger partial charge in [0.1, 0.15) is 5.76 Å². The molecule has 0 unspecified atom stereocenters. The third kappa shape index (κ3) is 4.68. The molecular formula is C10H11ClO6. The average Bonchev–Trinajstić information content (AvgIpc) is 2.42. The number of rotatable bonds is 0. The highest BCUT2D eigenvalue weighted by Crippen LogP contribution is 2.23. The van der Waals surface area contributed by atoms with Crippen molar-refractivity contribution >= 4 is 11.0 Å². The molecule has 0 bridgehead atoms. The van der Waals surface area contributed by atoms with E-state index < -0.39 is 10.2 Å². The van der Waals surface area contributed by atoms with Gasteiger partial charge in [0.15, 0.2) is 0 Å². The van der Waals surface area contributed by atoms with Crippen LogP contribution in [0, 0.1) is 31.0 Å². The molecule has 0 aliphatic heterocycles. The molecule has 0 saturated carbocycles. The Morgan fingerprint density at radius 2 is 1.59 bits per heavy atom. The van der Waals surface area contributed by atoms with Gasteiger partial charge in [-0.15, -0.1) is 10.2 Å². The third-order valence-electron chi connectivity index (χ3n) is 1.88.